The number of nitrogens with zero attached hydrogens (tertiary/aromatic N) is 3. The summed E-state index contributed by atoms with van der Waals surface area (Å²) < 4.78 is 8.16. The van der Waals surface area contributed by atoms with Crippen LogP contribution in [0.15, 0.2) is 9.59 Å². The summed E-state index contributed by atoms with van der Waals surface area (Å²) in [5, 5.41) is 4.55. The monoisotopic (exact) mass is 396 g/mol. The van der Waals surface area contributed by atoms with Crippen LogP contribution in [0.2, 0.25) is 0 Å². The van der Waals surface area contributed by atoms with Crippen LogP contribution in [0.4, 0.5) is 0 Å². The largest absolute Gasteiger partial charge is 0.385 e. The molecule has 7 nitrogen and oxygen atoms in total. The summed E-state index contributed by atoms with van der Waals surface area (Å²) >= 11 is 6.86. The molecule has 26 heavy (non-hydrogen) atoms. The third-order valence-electron chi connectivity index (χ3n) is 4.72. The number of ether oxygens (including phenoxy) is 1. The van der Waals surface area contributed by atoms with Crippen molar-refractivity contribution in [3.8, 4) is 0 Å². The Hall–Kier alpha value is -1.71. The van der Waals surface area contributed by atoms with E-state index in [9.17, 15) is 9.59 Å². The normalized spacial score (nSPS) is 14.4. The Labute approximate surface area is 161 Å². The Bertz CT molecular complexity index is 944. The maximum absolute atomic E-state index is 12.9. The second-order valence-corrected chi connectivity index (χ2v) is 7.78. The number of thiophene rings is 1. The lowest BCUT2D eigenvalue weighted by molar-refractivity contribution is 0.190. The van der Waals surface area contributed by atoms with Crippen LogP contribution in [0.1, 0.15) is 23.8 Å². The summed E-state index contributed by atoms with van der Waals surface area (Å²) in [7, 11) is 1.64. The summed E-state index contributed by atoms with van der Waals surface area (Å²) in [6.07, 6.45) is 0.722. The van der Waals surface area contributed by atoms with Gasteiger partial charge in [0.25, 0.3) is 5.56 Å². The standard InChI is InChI=1S/C17H24N4O3S2/c1-4-20-14(22)13-11(2)12(10-19-8-6-18-16(19)25)26-15(13)21(17(20)23)7-5-9-24-3/h4-10H2,1-3H3,(H,18,25). The highest BCUT2D eigenvalue weighted by Gasteiger charge is 2.22. The quantitative estimate of drug-likeness (QED) is 0.562. The number of nitrogens with one attached hydrogen (secondary N) is 1. The summed E-state index contributed by atoms with van der Waals surface area (Å²) in [5.41, 5.74) is 0.511. The van der Waals surface area contributed by atoms with Crippen LogP contribution in [-0.2, 0) is 24.4 Å². The molecule has 3 heterocycles. The molecule has 0 amide bonds. The third kappa shape index (κ3) is 3.30. The summed E-state index contributed by atoms with van der Waals surface area (Å²) in [5.74, 6) is 0. The first kappa shape index (κ1) is 19.1. The van der Waals surface area contributed by atoms with Crippen molar-refractivity contribution in [2.24, 2.45) is 0 Å². The Kier molecular flexibility index (Phi) is 5.79. The molecule has 2 aromatic rings. The fourth-order valence-corrected chi connectivity index (χ4v) is 4.86. The minimum atomic E-state index is -0.243. The van der Waals surface area contributed by atoms with E-state index in [1.807, 2.05) is 13.8 Å². The Balaban J connectivity index is 2.12. The van der Waals surface area contributed by atoms with E-state index in [1.54, 1.807) is 11.7 Å². The first-order chi connectivity index (χ1) is 12.5. The zero-order chi connectivity index (χ0) is 18.8. The van der Waals surface area contributed by atoms with Crippen molar-refractivity contribution in [2.75, 3.05) is 26.8 Å². The van der Waals surface area contributed by atoms with Crippen LogP contribution in [0.5, 0.6) is 0 Å². The molecule has 1 N–H and O–H groups in total. The van der Waals surface area contributed by atoms with Crippen LogP contribution in [0.3, 0.4) is 0 Å². The van der Waals surface area contributed by atoms with Gasteiger partial charge in [0, 0.05) is 44.8 Å². The van der Waals surface area contributed by atoms with E-state index in [0.29, 0.717) is 31.6 Å². The van der Waals surface area contributed by atoms with Crippen molar-refractivity contribution in [3.05, 3.63) is 31.3 Å². The van der Waals surface area contributed by atoms with Crippen molar-refractivity contribution >= 4 is 38.9 Å². The fraction of sp³-hybridized carbons (Fsp3) is 0.588. The molecule has 2 aromatic heterocycles. The molecule has 0 unspecified atom stereocenters. The Morgan fingerprint density at radius 2 is 2.08 bits per heavy atom. The number of thiocarbonyl (C=S) groups is 1. The van der Waals surface area contributed by atoms with Gasteiger partial charge in [-0.3, -0.25) is 13.9 Å². The van der Waals surface area contributed by atoms with Gasteiger partial charge in [-0.25, -0.2) is 4.79 Å². The smallest absolute Gasteiger partial charge is 0.332 e. The molecule has 0 atom stereocenters. The predicted octanol–water partition coefficient (Wildman–Crippen LogP) is 1.28. The zero-order valence-electron chi connectivity index (χ0n) is 15.3. The van der Waals surface area contributed by atoms with E-state index >= 15 is 0 Å². The highest BCUT2D eigenvalue weighted by atomic mass is 32.1. The lowest BCUT2D eigenvalue weighted by Crippen LogP contribution is -2.39. The van der Waals surface area contributed by atoms with E-state index in [4.69, 9.17) is 17.0 Å². The predicted molar refractivity (Wildman–Crippen MR) is 108 cm³/mol. The lowest BCUT2D eigenvalue weighted by Gasteiger charge is -2.15. The van der Waals surface area contributed by atoms with Gasteiger partial charge < -0.3 is 15.0 Å². The molecular weight excluding hydrogens is 372 g/mol. The van der Waals surface area contributed by atoms with Crippen molar-refractivity contribution in [2.45, 2.75) is 39.9 Å². The highest BCUT2D eigenvalue weighted by molar-refractivity contribution is 7.80. The molecule has 0 saturated carbocycles. The van der Waals surface area contributed by atoms with Crippen molar-refractivity contribution < 1.29 is 4.74 Å². The van der Waals surface area contributed by atoms with Crippen LogP contribution in [0.25, 0.3) is 10.2 Å². The van der Waals surface area contributed by atoms with Crippen LogP contribution < -0.4 is 16.6 Å². The number of aromatic nitrogens is 2. The average Bonchev–Trinajstić information content (AvgIpc) is 3.16. The van der Waals surface area contributed by atoms with Gasteiger partial charge in [-0.15, -0.1) is 11.3 Å². The Morgan fingerprint density at radius 1 is 1.31 bits per heavy atom. The molecule has 0 bridgehead atoms. The molecule has 1 fully saturated rings. The van der Waals surface area contributed by atoms with Crippen molar-refractivity contribution in [1.29, 1.82) is 0 Å². The van der Waals surface area contributed by atoms with E-state index in [0.717, 1.165) is 39.9 Å². The van der Waals surface area contributed by atoms with Crippen LogP contribution >= 0.6 is 23.6 Å². The molecule has 3 rings (SSSR count). The van der Waals surface area contributed by atoms with E-state index in [-0.39, 0.29) is 11.2 Å². The van der Waals surface area contributed by atoms with Gasteiger partial charge in [0.2, 0.25) is 0 Å². The van der Waals surface area contributed by atoms with E-state index < -0.39 is 0 Å². The SMILES string of the molecule is CCn1c(=O)c2c(C)c(CN3CCNC3=S)sc2n(CCCOC)c1=O. The zero-order valence-corrected chi connectivity index (χ0v) is 17.0. The number of aryl methyl sites for hydroxylation is 2. The second-order valence-electron chi connectivity index (χ2n) is 6.31. The fourth-order valence-electron chi connectivity index (χ4n) is 3.27. The minimum Gasteiger partial charge on any atom is -0.385 e. The summed E-state index contributed by atoms with van der Waals surface area (Å²) in [6.45, 7) is 7.62. The van der Waals surface area contributed by atoms with Gasteiger partial charge in [0.1, 0.15) is 4.83 Å². The second kappa shape index (κ2) is 7.89. The van der Waals surface area contributed by atoms with Crippen molar-refractivity contribution in [1.82, 2.24) is 19.4 Å². The van der Waals surface area contributed by atoms with Gasteiger partial charge in [-0.2, -0.15) is 0 Å². The van der Waals surface area contributed by atoms with Crippen LogP contribution in [-0.4, -0.2) is 46.0 Å². The lowest BCUT2D eigenvalue weighted by atomic mass is 10.2. The molecule has 0 spiro atoms. The first-order valence-corrected chi connectivity index (χ1v) is 9.99. The maximum Gasteiger partial charge on any atom is 0.332 e. The van der Waals surface area contributed by atoms with E-state index in [1.165, 1.54) is 15.9 Å². The van der Waals surface area contributed by atoms with Gasteiger partial charge in [0.05, 0.1) is 11.9 Å². The summed E-state index contributed by atoms with van der Waals surface area (Å²) in [6, 6.07) is 0. The number of rotatable bonds is 7. The molecular formula is C17H24N4O3S2. The average molecular weight is 397 g/mol. The third-order valence-corrected chi connectivity index (χ3v) is 6.42. The van der Waals surface area contributed by atoms with Crippen molar-refractivity contribution in [3.63, 3.8) is 0 Å². The summed E-state index contributed by atoms with van der Waals surface area (Å²) in [4.78, 5) is 29.6. The van der Waals surface area contributed by atoms with Gasteiger partial charge in [-0.1, -0.05) is 0 Å². The molecule has 1 aliphatic heterocycles. The van der Waals surface area contributed by atoms with Gasteiger partial charge in [0.15, 0.2) is 5.11 Å². The molecule has 0 aromatic carbocycles. The number of fused-ring (bicyclic) bond motifs is 1. The molecule has 1 aliphatic rings. The number of methoxy groups -OCH3 is 1. The molecule has 0 aliphatic carbocycles. The molecule has 0 radical (unpaired) electrons. The maximum atomic E-state index is 12.9. The molecule has 1 saturated heterocycles. The highest BCUT2D eigenvalue weighted by Crippen LogP contribution is 2.29. The van der Waals surface area contributed by atoms with Gasteiger partial charge in [-0.05, 0) is 38.0 Å². The van der Waals surface area contributed by atoms with Gasteiger partial charge >= 0.3 is 5.69 Å². The molecule has 9 heteroatoms. The number of hydrogen-bond donors (Lipinski definition) is 1. The Morgan fingerprint density at radius 3 is 2.69 bits per heavy atom. The topological polar surface area (TPSA) is 68.5 Å². The first-order valence-electron chi connectivity index (χ1n) is 8.76. The number of hydrogen-bond acceptors (Lipinski definition) is 5. The molecule has 142 valence electrons. The van der Waals surface area contributed by atoms with Crippen LogP contribution in [0, 0.1) is 6.92 Å². The van der Waals surface area contributed by atoms with E-state index in [2.05, 4.69) is 10.2 Å². The minimum absolute atomic E-state index is 0.197.